The van der Waals surface area contributed by atoms with Crippen molar-refractivity contribution in [2.45, 2.75) is 33.2 Å². The van der Waals surface area contributed by atoms with Gasteiger partial charge in [0.2, 0.25) is 0 Å². The van der Waals surface area contributed by atoms with E-state index < -0.39 is 5.97 Å². The number of aromatic nitrogens is 3. The van der Waals surface area contributed by atoms with Crippen LogP contribution in [0.4, 0.5) is 0 Å². The van der Waals surface area contributed by atoms with Gasteiger partial charge in [-0.2, -0.15) is 5.10 Å². The minimum atomic E-state index is -0.833. The minimum Gasteiger partial charge on any atom is -0.481 e. The number of imidazole rings is 1. The maximum Gasteiger partial charge on any atom is 0.300 e. The van der Waals surface area contributed by atoms with Crippen molar-refractivity contribution >= 4 is 11.6 Å². The molecule has 134 valence electrons. The normalized spacial score (nSPS) is 9.81. The molecule has 0 radical (unpaired) electrons. The second-order valence-corrected chi connectivity index (χ2v) is 5.60. The average molecular weight is 350 g/mol. The van der Waals surface area contributed by atoms with Gasteiger partial charge in [-0.3, -0.25) is 4.79 Å². The standard InChI is InChI=1S/C18H18N4.C2H4O2/c1-2-3-4-5-16-10-11-18-20-13-17(22(18)21-16)15-8-6-14(12-19)7-9-15;1-2(3)4/h6-11,13H,2-3,12,19H2,1H3;1H3,(H,3,4). The fourth-order valence-corrected chi connectivity index (χ4v) is 2.23. The van der Waals surface area contributed by atoms with E-state index in [0.717, 1.165) is 47.9 Å². The molecule has 1 aromatic carbocycles. The van der Waals surface area contributed by atoms with Gasteiger partial charge >= 0.3 is 0 Å². The number of carboxylic acids is 1. The molecule has 0 aliphatic heterocycles. The molecule has 3 N–H and O–H groups in total. The lowest BCUT2D eigenvalue weighted by Crippen LogP contribution is -1.98. The van der Waals surface area contributed by atoms with Gasteiger partial charge in [0.1, 0.15) is 5.69 Å². The zero-order valence-electron chi connectivity index (χ0n) is 14.9. The van der Waals surface area contributed by atoms with Crippen molar-refractivity contribution in [3.8, 4) is 23.1 Å². The van der Waals surface area contributed by atoms with Crippen LogP contribution in [0.2, 0.25) is 0 Å². The third kappa shape index (κ3) is 5.16. The Morgan fingerprint density at radius 1 is 1.23 bits per heavy atom. The molecule has 0 bridgehead atoms. The highest BCUT2D eigenvalue weighted by Gasteiger charge is 2.07. The summed E-state index contributed by atoms with van der Waals surface area (Å²) in [5.74, 6) is 5.39. The third-order valence-corrected chi connectivity index (χ3v) is 3.44. The number of fused-ring (bicyclic) bond motifs is 1. The van der Waals surface area contributed by atoms with Crippen LogP contribution in [0.3, 0.4) is 0 Å². The molecular weight excluding hydrogens is 328 g/mol. The van der Waals surface area contributed by atoms with Crippen LogP contribution in [0.15, 0.2) is 42.6 Å². The maximum absolute atomic E-state index is 9.00. The highest BCUT2D eigenvalue weighted by molar-refractivity contribution is 5.63. The summed E-state index contributed by atoms with van der Waals surface area (Å²) >= 11 is 0. The van der Waals surface area contributed by atoms with E-state index in [0.29, 0.717) is 6.54 Å². The number of carbonyl (C=O) groups is 1. The molecular formula is C20H22N4O2. The fourth-order valence-electron chi connectivity index (χ4n) is 2.23. The summed E-state index contributed by atoms with van der Waals surface area (Å²) in [6.07, 6.45) is 3.78. The molecule has 6 heteroatoms. The Hall–Kier alpha value is -3.17. The summed E-state index contributed by atoms with van der Waals surface area (Å²) in [6, 6.07) is 12.0. The number of nitrogens with zero attached hydrogens (tertiary/aromatic N) is 3. The first-order valence-electron chi connectivity index (χ1n) is 8.37. The number of hydrogen-bond acceptors (Lipinski definition) is 4. The monoisotopic (exact) mass is 350 g/mol. The van der Waals surface area contributed by atoms with Gasteiger partial charge in [-0.05, 0) is 30.0 Å². The number of aliphatic carboxylic acids is 1. The van der Waals surface area contributed by atoms with Crippen LogP contribution in [0.5, 0.6) is 0 Å². The minimum absolute atomic E-state index is 0.544. The van der Waals surface area contributed by atoms with Gasteiger partial charge in [0, 0.05) is 25.5 Å². The van der Waals surface area contributed by atoms with Crippen molar-refractivity contribution in [1.29, 1.82) is 0 Å². The topological polar surface area (TPSA) is 93.5 Å². The van der Waals surface area contributed by atoms with E-state index >= 15 is 0 Å². The SMILES string of the molecule is CC(=O)O.CCCC#Cc1ccc2ncc(-c3ccc(CN)cc3)n2n1. The molecule has 0 aliphatic carbocycles. The molecule has 2 aromatic heterocycles. The molecule has 2 heterocycles. The molecule has 0 spiro atoms. The number of carboxylic acid groups (broad SMARTS) is 1. The van der Waals surface area contributed by atoms with Crippen LogP contribution < -0.4 is 5.73 Å². The van der Waals surface area contributed by atoms with Gasteiger partial charge < -0.3 is 10.8 Å². The Morgan fingerprint density at radius 2 is 1.92 bits per heavy atom. The van der Waals surface area contributed by atoms with E-state index in [9.17, 15) is 0 Å². The van der Waals surface area contributed by atoms with Crippen molar-refractivity contribution < 1.29 is 9.90 Å². The largest absolute Gasteiger partial charge is 0.481 e. The molecule has 0 atom stereocenters. The molecule has 3 rings (SSSR count). The Balaban J connectivity index is 0.000000552. The summed E-state index contributed by atoms with van der Waals surface area (Å²) in [6.45, 7) is 3.74. The zero-order chi connectivity index (χ0) is 18.9. The van der Waals surface area contributed by atoms with Gasteiger partial charge in [0.05, 0.1) is 11.9 Å². The first-order chi connectivity index (χ1) is 12.5. The van der Waals surface area contributed by atoms with Gasteiger partial charge in [0.15, 0.2) is 5.65 Å². The van der Waals surface area contributed by atoms with E-state index in [4.69, 9.17) is 15.6 Å². The van der Waals surface area contributed by atoms with Crippen molar-refractivity contribution in [2.75, 3.05) is 0 Å². The van der Waals surface area contributed by atoms with Crippen LogP contribution >= 0.6 is 0 Å². The highest BCUT2D eigenvalue weighted by Crippen LogP contribution is 2.20. The van der Waals surface area contributed by atoms with Gasteiger partial charge in [0.25, 0.3) is 5.97 Å². The van der Waals surface area contributed by atoms with Gasteiger partial charge in [-0.15, -0.1) is 0 Å². The number of benzene rings is 1. The number of unbranched alkanes of at least 4 members (excludes halogenated alkanes) is 1. The zero-order valence-corrected chi connectivity index (χ0v) is 14.9. The number of hydrogen-bond donors (Lipinski definition) is 2. The van der Waals surface area contributed by atoms with Crippen LogP contribution in [0.25, 0.3) is 16.9 Å². The summed E-state index contributed by atoms with van der Waals surface area (Å²) in [7, 11) is 0. The average Bonchev–Trinajstić information content (AvgIpc) is 3.05. The lowest BCUT2D eigenvalue weighted by molar-refractivity contribution is -0.134. The van der Waals surface area contributed by atoms with Crippen molar-refractivity contribution in [2.24, 2.45) is 5.73 Å². The maximum atomic E-state index is 9.00. The Labute approximate surface area is 152 Å². The van der Waals surface area contributed by atoms with Crippen LogP contribution in [0, 0.1) is 11.8 Å². The molecule has 0 saturated carbocycles. The van der Waals surface area contributed by atoms with E-state index in [2.05, 4.69) is 28.8 Å². The molecule has 0 saturated heterocycles. The first kappa shape index (κ1) is 19.2. The Morgan fingerprint density at radius 3 is 2.54 bits per heavy atom. The molecule has 0 fully saturated rings. The quantitative estimate of drug-likeness (QED) is 0.708. The van der Waals surface area contributed by atoms with Crippen LogP contribution in [0.1, 0.15) is 37.9 Å². The lowest BCUT2D eigenvalue weighted by atomic mass is 10.1. The van der Waals surface area contributed by atoms with Crippen molar-refractivity contribution in [1.82, 2.24) is 14.6 Å². The van der Waals surface area contributed by atoms with Crippen LogP contribution in [-0.4, -0.2) is 25.7 Å². The predicted octanol–water partition coefficient (Wildman–Crippen LogP) is 3.10. The molecule has 0 unspecified atom stereocenters. The lowest BCUT2D eigenvalue weighted by Gasteiger charge is -2.03. The fraction of sp³-hybridized carbons (Fsp3) is 0.250. The predicted molar refractivity (Wildman–Crippen MR) is 101 cm³/mol. The van der Waals surface area contributed by atoms with E-state index in [-0.39, 0.29) is 0 Å². The van der Waals surface area contributed by atoms with Crippen LogP contribution in [-0.2, 0) is 11.3 Å². The van der Waals surface area contributed by atoms with Gasteiger partial charge in [-0.25, -0.2) is 9.50 Å². The molecule has 0 aliphatic rings. The third-order valence-electron chi connectivity index (χ3n) is 3.44. The Bertz CT molecular complexity index is 930. The summed E-state index contributed by atoms with van der Waals surface area (Å²) in [4.78, 5) is 13.4. The summed E-state index contributed by atoms with van der Waals surface area (Å²) in [5, 5.41) is 12.0. The summed E-state index contributed by atoms with van der Waals surface area (Å²) in [5.41, 5.74) is 10.4. The van der Waals surface area contributed by atoms with E-state index in [1.165, 1.54) is 0 Å². The Kier molecular flexibility index (Phi) is 6.89. The van der Waals surface area contributed by atoms with E-state index in [1.807, 2.05) is 47.1 Å². The second-order valence-electron chi connectivity index (χ2n) is 5.60. The second kappa shape index (κ2) is 9.35. The van der Waals surface area contributed by atoms with Crippen molar-refractivity contribution in [3.63, 3.8) is 0 Å². The molecule has 0 amide bonds. The molecule has 6 nitrogen and oxygen atoms in total. The molecule has 3 aromatic rings. The summed E-state index contributed by atoms with van der Waals surface area (Å²) < 4.78 is 1.84. The first-order valence-corrected chi connectivity index (χ1v) is 8.37. The van der Waals surface area contributed by atoms with Gasteiger partial charge in [-0.1, -0.05) is 37.1 Å². The highest BCUT2D eigenvalue weighted by atomic mass is 16.4. The number of rotatable bonds is 3. The smallest absolute Gasteiger partial charge is 0.300 e. The van der Waals surface area contributed by atoms with Crippen molar-refractivity contribution in [3.05, 3.63) is 53.9 Å². The number of nitrogens with two attached hydrogens (primary N) is 1. The van der Waals surface area contributed by atoms with E-state index in [1.54, 1.807) is 0 Å². The molecule has 26 heavy (non-hydrogen) atoms.